The van der Waals surface area contributed by atoms with Gasteiger partial charge in [0.15, 0.2) is 8.32 Å². The van der Waals surface area contributed by atoms with Gasteiger partial charge in [0, 0.05) is 31.7 Å². The van der Waals surface area contributed by atoms with Gasteiger partial charge in [0.2, 0.25) is 0 Å². The molecule has 0 spiro atoms. The van der Waals surface area contributed by atoms with Gasteiger partial charge in [-0.05, 0) is 70.5 Å². The van der Waals surface area contributed by atoms with E-state index in [1.807, 2.05) is 20.8 Å². The zero-order chi connectivity index (χ0) is 23.4. The number of hydrogen-bond acceptors (Lipinski definition) is 4. The van der Waals surface area contributed by atoms with E-state index in [9.17, 15) is 4.79 Å². The van der Waals surface area contributed by atoms with Crippen molar-refractivity contribution in [3.63, 3.8) is 0 Å². The van der Waals surface area contributed by atoms with Crippen molar-refractivity contribution in [2.24, 2.45) is 11.8 Å². The van der Waals surface area contributed by atoms with Gasteiger partial charge in [0.1, 0.15) is 5.60 Å². The smallest absolute Gasteiger partial charge is 0.407 e. The summed E-state index contributed by atoms with van der Waals surface area (Å²) >= 11 is 5.95. The zero-order valence-corrected chi connectivity index (χ0v) is 23.0. The third-order valence-electron chi connectivity index (χ3n) is 7.24. The minimum absolute atomic E-state index is 0.234. The maximum atomic E-state index is 11.9. The molecule has 0 unspecified atom stereocenters. The van der Waals surface area contributed by atoms with Crippen LogP contribution in [0, 0.1) is 11.8 Å². The number of ether oxygens (including phenoxy) is 1. The van der Waals surface area contributed by atoms with Crippen LogP contribution in [-0.4, -0.2) is 55.6 Å². The molecule has 1 saturated heterocycles. The molecule has 2 aliphatic rings. The quantitative estimate of drug-likeness (QED) is 0.263. The number of carbonyl (C=O) groups excluding carboxylic acids is 1. The second kappa shape index (κ2) is 10.5. The van der Waals surface area contributed by atoms with Gasteiger partial charge >= 0.3 is 6.09 Å². The molecule has 2 fully saturated rings. The minimum atomic E-state index is -1.74. The zero-order valence-electron chi connectivity index (χ0n) is 21.2. The first-order valence-corrected chi connectivity index (χ1v) is 15.5. The second-order valence-electron chi connectivity index (χ2n) is 11.8. The first kappa shape index (κ1) is 26.6. The van der Waals surface area contributed by atoms with E-state index in [1.54, 1.807) is 0 Å². The predicted molar refractivity (Wildman–Crippen MR) is 135 cm³/mol. The van der Waals surface area contributed by atoms with E-state index in [0.717, 1.165) is 31.0 Å². The Labute approximate surface area is 197 Å². The van der Waals surface area contributed by atoms with Gasteiger partial charge in [-0.3, -0.25) is 0 Å². The number of nitrogens with zero attached hydrogens (tertiary/aromatic N) is 1. The van der Waals surface area contributed by atoms with Crippen LogP contribution in [0.3, 0.4) is 0 Å². The standard InChI is InChI=1S/C24H46N2O3SSi/c1-23(2,3)29-22(27)25-15-11-16-26-20(14-17-28-31(7,8)24(4,5)6)18-12-9-10-13-19(18)21(26)30/h18-20H,9-17H2,1-8H3,(H,25,27)/t18-,19+,20+/m1/s1. The molecule has 0 aromatic carbocycles. The van der Waals surface area contributed by atoms with Crippen LogP contribution in [0.15, 0.2) is 0 Å². The number of thiocarbonyl (C=S) groups is 1. The van der Waals surface area contributed by atoms with Gasteiger partial charge in [-0.2, -0.15) is 0 Å². The molecule has 1 aliphatic heterocycles. The highest BCUT2D eigenvalue weighted by Crippen LogP contribution is 2.44. The minimum Gasteiger partial charge on any atom is -0.444 e. The molecule has 0 aromatic heterocycles. The number of carbonyl (C=O) groups is 1. The van der Waals surface area contributed by atoms with E-state index in [4.69, 9.17) is 21.4 Å². The highest BCUT2D eigenvalue weighted by molar-refractivity contribution is 7.80. The molecular weight excluding hydrogens is 424 g/mol. The monoisotopic (exact) mass is 470 g/mol. The Hall–Kier alpha value is -0.663. The lowest BCUT2D eigenvalue weighted by Gasteiger charge is -2.37. The molecule has 1 heterocycles. The summed E-state index contributed by atoms with van der Waals surface area (Å²) < 4.78 is 11.9. The third kappa shape index (κ3) is 7.43. The molecule has 2 rings (SSSR count). The van der Waals surface area contributed by atoms with Gasteiger partial charge < -0.3 is 19.4 Å². The first-order valence-electron chi connectivity index (χ1n) is 12.1. The van der Waals surface area contributed by atoms with Crippen LogP contribution in [-0.2, 0) is 9.16 Å². The Kier molecular flexibility index (Phi) is 9.02. The first-order chi connectivity index (χ1) is 14.2. The molecule has 0 aromatic rings. The maximum Gasteiger partial charge on any atom is 0.407 e. The summed E-state index contributed by atoms with van der Waals surface area (Å²) in [5.41, 5.74) is -0.467. The van der Waals surface area contributed by atoms with Gasteiger partial charge in [-0.15, -0.1) is 0 Å². The molecule has 3 atom stereocenters. The topological polar surface area (TPSA) is 50.8 Å². The Balaban J connectivity index is 1.92. The predicted octanol–water partition coefficient (Wildman–Crippen LogP) is 6.13. The summed E-state index contributed by atoms with van der Waals surface area (Å²) in [5.74, 6) is 1.23. The second-order valence-corrected chi connectivity index (χ2v) is 17.1. The molecule has 31 heavy (non-hydrogen) atoms. The van der Waals surface area contributed by atoms with E-state index >= 15 is 0 Å². The van der Waals surface area contributed by atoms with Crippen molar-refractivity contribution in [1.82, 2.24) is 10.2 Å². The number of fused-ring (bicyclic) bond motifs is 1. The summed E-state index contributed by atoms with van der Waals surface area (Å²) in [6.45, 7) is 19.5. The van der Waals surface area contributed by atoms with E-state index in [0.29, 0.717) is 24.4 Å². The number of rotatable bonds is 8. The van der Waals surface area contributed by atoms with Crippen molar-refractivity contribution in [3.05, 3.63) is 0 Å². The Bertz CT molecular complexity index is 627. The molecule has 1 amide bonds. The van der Waals surface area contributed by atoms with Crippen LogP contribution >= 0.6 is 12.2 Å². The Morgan fingerprint density at radius 3 is 2.42 bits per heavy atom. The van der Waals surface area contributed by atoms with E-state index in [-0.39, 0.29) is 11.1 Å². The summed E-state index contributed by atoms with van der Waals surface area (Å²) in [4.78, 5) is 15.5. The molecule has 0 bridgehead atoms. The molecule has 5 nitrogen and oxygen atoms in total. The van der Waals surface area contributed by atoms with Crippen molar-refractivity contribution in [2.45, 2.75) is 110 Å². The van der Waals surface area contributed by atoms with Crippen LogP contribution < -0.4 is 5.32 Å². The lowest BCUT2D eigenvalue weighted by molar-refractivity contribution is 0.0526. The Morgan fingerprint density at radius 1 is 1.16 bits per heavy atom. The van der Waals surface area contributed by atoms with Crippen molar-refractivity contribution in [2.75, 3.05) is 19.7 Å². The van der Waals surface area contributed by atoms with Gasteiger partial charge in [0.05, 0.1) is 4.99 Å². The number of nitrogens with one attached hydrogen (secondary N) is 1. The fraction of sp³-hybridized carbons (Fsp3) is 0.917. The highest BCUT2D eigenvalue weighted by atomic mass is 32.1. The highest BCUT2D eigenvalue weighted by Gasteiger charge is 2.46. The fourth-order valence-corrected chi connectivity index (χ4v) is 6.17. The van der Waals surface area contributed by atoms with Crippen LogP contribution in [0.25, 0.3) is 0 Å². The molecule has 1 N–H and O–H groups in total. The lowest BCUT2D eigenvalue weighted by Crippen LogP contribution is -2.43. The van der Waals surface area contributed by atoms with Gasteiger partial charge in [-0.25, -0.2) is 4.79 Å². The summed E-state index contributed by atoms with van der Waals surface area (Å²) in [5, 5.41) is 3.12. The molecule has 1 aliphatic carbocycles. The average Bonchev–Trinajstić information content (AvgIpc) is 2.88. The molecular formula is C24H46N2O3SSi. The maximum absolute atomic E-state index is 11.9. The normalized spacial score (nSPS) is 24.8. The Morgan fingerprint density at radius 2 is 1.81 bits per heavy atom. The number of likely N-dealkylation sites (tertiary alicyclic amines) is 1. The van der Waals surface area contributed by atoms with E-state index < -0.39 is 13.9 Å². The number of hydrogen-bond donors (Lipinski definition) is 1. The molecule has 180 valence electrons. The van der Waals surface area contributed by atoms with Gasteiger partial charge in [-0.1, -0.05) is 45.8 Å². The van der Waals surface area contributed by atoms with E-state index in [1.165, 1.54) is 25.7 Å². The summed E-state index contributed by atoms with van der Waals surface area (Å²) in [6, 6.07) is 0.476. The van der Waals surface area contributed by atoms with E-state index in [2.05, 4.69) is 44.1 Å². The largest absolute Gasteiger partial charge is 0.444 e. The van der Waals surface area contributed by atoms with Crippen LogP contribution in [0.2, 0.25) is 18.1 Å². The number of alkyl carbamates (subject to hydrolysis) is 1. The third-order valence-corrected chi connectivity index (χ3v) is 12.3. The SMILES string of the molecule is CC(C)(C)OC(=O)NCCCN1C(=S)[C@H]2CCCC[C@H]2[C@@H]1CCO[Si](C)(C)C(C)(C)C. The average molecular weight is 471 g/mol. The fourth-order valence-electron chi connectivity index (χ4n) is 4.59. The van der Waals surface area contributed by atoms with Gasteiger partial charge in [0.25, 0.3) is 0 Å². The van der Waals surface area contributed by atoms with Crippen molar-refractivity contribution in [3.8, 4) is 0 Å². The molecule has 0 radical (unpaired) electrons. The van der Waals surface area contributed by atoms with Crippen LogP contribution in [0.4, 0.5) is 4.79 Å². The lowest BCUT2D eigenvalue weighted by atomic mass is 9.78. The molecule has 1 saturated carbocycles. The van der Waals surface area contributed by atoms with Crippen molar-refractivity contribution >= 4 is 31.6 Å². The summed E-state index contributed by atoms with van der Waals surface area (Å²) in [6.07, 6.45) is 6.70. The van der Waals surface area contributed by atoms with Crippen LogP contribution in [0.5, 0.6) is 0 Å². The van der Waals surface area contributed by atoms with Crippen LogP contribution in [0.1, 0.15) is 80.1 Å². The van der Waals surface area contributed by atoms with Crippen molar-refractivity contribution < 1.29 is 14.0 Å². The molecule has 7 heteroatoms. The summed E-state index contributed by atoms with van der Waals surface area (Å²) in [7, 11) is -1.74. The van der Waals surface area contributed by atoms with Crippen molar-refractivity contribution in [1.29, 1.82) is 0 Å². The number of amides is 1.